The Morgan fingerprint density at radius 3 is 3.00 bits per heavy atom. The van der Waals surface area contributed by atoms with E-state index in [1.54, 1.807) is 12.1 Å². The van der Waals surface area contributed by atoms with E-state index < -0.39 is 0 Å². The van der Waals surface area contributed by atoms with Crippen LogP contribution < -0.4 is 10.1 Å². The number of rotatable bonds is 1. The Bertz CT molecular complexity index is 387. The van der Waals surface area contributed by atoms with E-state index in [-0.39, 0.29) is 11.7 Å². The summed E-state index contributed by atoms with van der Waals surface area (Å²) in [5.74, 6) is 0.311. The fraction of sp³-hybridized carbons (Fsp3) is 0.300. The zero-order valence-electron chi connectivity index (χ0n) is 7.83. The molecule has 4 heteroatoms. The van der Waals surface area contributed by atoms with Gasteiger partial charge < -0.3 is 15.2 Å². The Hall–Kier alpha value is -1.71. The molecule has 0 saturated heterocycles. The van der Waals surface area contributed by atoms with Gasteiger partial charge in [0.2, 0.25) is 0 Å². The third kappa shape index (κ3) is 1.28. The monoisotopic (exact) mass is 193 g/mol. The van der Waals surface area contributed by atoms with Gasteiger partial charge in [0.25, 0.3) is 5.91 Å². The summed E-state index contributed by atoms with van der Waals surface area (Å²) in [6.07, 6.45) is 0.749. The number of benzene rings is 1. The van der Waals surface area contributed by atoms with Crippen molar-refractivity contribution in [3.8, 4) is 11.5 Å². The molecule has 0 radical (unpaired) electrons. The molecule has 0 spiro atoms. The van der Waals surface area contributed by atoms with E-state index in [4.69, 9.17) is 4.74 Å². The highest BCUT2D eigenvalue weighted by atomic mass is 16.5. The average molecular weight is 193 g/mol. The molecule has 0 saturated carbocycles. The number of carbonyl (C=O) groups excluding carboxylic acids is 1. The van der Waals surface area contributed by atoms with Crippen LogP contribution in [-0.4, -0.2) is 24.7 Å². The summed E-state index contributed by atoms with van der Waals surface area (Å²) in [6.45, 7) is 0.623. The summed E-state index contributed by atoms with van der Waals surface area (Å²) < 4.78 is 4.93. The molecule has 1 aromatic rings. The molecular weight excluding hydrogens is 182 g/mol. The first-order valence-corrected chi connectivity index (χ1v) is 4.40. The van der Waals surface area contributed by atoms with Crippen LogP contribution >= 0.6 is 0 Å². The third-order valence-corrected chi connectivity index (χ3v) is 2.33. The van der Waals surface area contributed by atoms with Gasteiger partial charge in [-0.05, 0) is 24.1 Å². The highest BCUT2D eigenvalue weighted by molar-refractivity contribution is 5.97. The molecule has 4 nitrogen and oxygen atoms in total. The number of phenolic OH excluding ortho intramolecular Hbond substituents is 1. The van der Waals surface area contributed by atoms with Gasteiger partial charge in [0.15, 0.2) is 11.5 Å². The van der Waals surface area contributed by atoms with Crippen LogP contribution in [0.1, 0.15) is 15.9 Å². The zero-order valence-corrected chi connectivity index (χ0v) is 7.83. The number of phenols is 1. The predicted octanol–water partition coefficient (Wildman–Crippen LogP) is 0.687. The Balaban J connectivity index is 2.54. The lowest BCUT2D eigenvalue weighted by atomic mass is 10.00. The Morgan fingerprint density at radius 1 is 1.50 bits per heavy atom. The molecule has 74 valence electrons. The van der Waals surface area contributed by atoms with E-state index >= 15 is 0 Å². The molecule has 2 N–H and O–H groups in total. The predicted molar refractivity (Wildman–Crippen MR) is 50.7 cm³/mol. The first kappa shape index (κ1) is 8.87. The lowest BCUT2D eigenvalue weighted by Crippen LogP contribution is -2.31. The maximum absolute atomic E-state index is 11.4. The van der Waals surface area contributed by atoms with Crippen molar-refractivity contribution >= 4 is 5.91 Å². The van der Waals surface area contributed by atoms with Crippen molar-refractivity contribution in [1.29, 1.82) is 0 Å². The Morgan fingerprint density at radius 2 is 2.29 bits per heavy atom. The van der Waals surface area contributed by atoms with Gasteiger partial charge in [-0.2, -0.15) is 0 Å². The summed E-state index contributed by atoms with van der Waals surface area (Å²) in [5.41, 5.74) is 1.46. The standard InChI is InChI=1S/C10H11NO3/c1-14-9-5-7-6(4-8(9)12)2-3-11-10(7)13/h4-5,12H,2-3H2,1H3,(H,11,13). The van der Waals surface area contributed by atoms with Gasteiger partial charge in [0.05, 0.1) is 7.11 Å². The van der Waals surface area contributed by atoms with Crippen LogP contribution in [0.15, 0.2) is 12.1 Å². The number of hydrogen-bond donors (Lipinski definition) is 2. The van der Waals surface area contributed by atoms with E-state index in [1.165, 1.54) is 7.11 Å². The SMILES string of the molecule is COc1cc2c(cc1O)CCNC2=O. The maximum Gasteiger partial charge on any atom is 0.251 e. The molecule has 2 rings (SSSR count). The summed E-state index contributed by atoms with van der Waals surface area (Å²) in [5, 5.41) is 12.2. The van der Waals surface area contributed by atoms with E-state index in [1.807, 2.05) is 0 Å². The molecule has 1 aliphatic rings. The van der Waals surface area contributed by atoms with Gasteiger partial charge >= 0.3 is 0 Å². The molecule has 0 unspecified atom stereocenters. The van der Waals surface area contributed by atoms with Gasteiger partial charge in [-0.3, -0.25) is 4.79 Å². The van der Waals surface area contributed by atoms with Crippen LogP contribution in [0, 0.1) is 0 Å². The zero-order chi connectivity index (χ0) is 10.1. The van der Waals surface area contributed by atoms with Crippen molar-refractivity contribution in [3.05, 3.63) is 23.3 Å². The minimum absolute atomic E-state index is 0.0842. The topological polar surface area (TPSA) is 58.6 Å². The summed E-state index contributed by atoms with van der Waals surface area (Å²) in [6, 6.07) is 3.16. The summed E-state index contributed by atoms with van der Waals surface area (Å²) >= 11 is 0. The second-order valence-electron chi connectivity index (χ2n) is 3.19. The molecule has 0 bridgehead atoms. The highest BCUT2D eigenvalue weighted by Crippen LogP contribution is 2.30. The van der Waals surface area contributed by atoms with Crippen LogP contribution in [0.25, 0.3) is 0 Å². The Labute approximate surface area is 81.5 Å². The average Bonchev–Trinajstić information content (AvgIpc) is 2.17. The van der Waals surface area contributed by atoms with E-state index in [0.717, 1.165) is 12.0 Å². The Kier molecular flexibility index (Phi) is 2.04. The number of nitrogens with one attached hydrogen (secondary N) is 1. The highest BCUT2D eigenvalue weighted by Gasteiger charge is 2.19. The molecule has 0 fully saturated rings. The normalized spacial score (nSPS) is 14.5. The minimum Gasteiger partial charge on any atom is -0.504 e. The van der Waals surface area contributed by atoms with Crippen molar-refractivity contribution in [2.24, 2.45) is 0 Å². The van der Waals surface area contributed by atoms with Crippen LogP contribution in [0.2, 0.25) is 0 Å². The quantitative estimate of drug-likeness (QED) is 0.689. The largest absolute Gasteiger partial charge is 0.504 e. The summed E-state index contributed by atoms with van der Waals surface area (Å²) in [4.78, 5) is 11.4. The van der Waals surface area contributed by atoms with Crippen molar-refractivity contribution < 1.29 is 14.6 Å². The molecule has 14 heavy (non-hydrogen) atoms. The number of carbonyl (C=O) groups is 1. The van der Waals surface area contributed by atoms with Crippen LogP contribution in [0.4, 0.5) is 0 Å². The van der Waals surface area contributed by atoms with Gasteiger partial charge in [-0.15, -0.1) is 0 Å². The molecule has 1 aliphatic heterocycles. The van der Waals surface area contributed by atoms with Crippen molar-refractivity contribution in [1.82, 2.24) is 5.32 Å². The number of amides is 1. The van der Waals surface area contributed by atoms with Crippen LogP contribution in [0.3, 0.4) is 0 Å². The fourth-order valence-corrected chi connectivity index (χ4v) is 1.60. The van der Waals surface area contributed by atoms with Gasteiger partial charge in [-0.1, -0.05) is 0 Å². The first-order chi connectivity index (χ1) is 6.72. The lowest BCUT2D eigenvalue weighted by Gasteiger charge is -2.17. The number of ether oxygens (including phenoxy) is 1. The van der Waals surface area contributed by atoms with Crippen molar-refractivity contribution in [2.45, 2.75) is 6.42 Å². The maximum atomic E-state index is 11.4. The van der Waals surface area contributed by atoms with Crippen LogP contribution in [-0.2, 0) is 6.42 Å². The number of fused-ring (bicyclic) bond motifs is 1. The molecule has 0 atom stereocenters. The summed E-state index contributed by atoms with van der Waals surface area (Å²) in [7, 11) is 1.46. The van der Waals surface area contributed by atoms with Gasteiger partial charge in [0.1, 0.15) is 0 Å². The van der Waals surface area contributed by atoms with Crippen molar-refractivity contribution in [2.75, 3.05) is 13.7 Å². The molecule has 1 aromatic carbocycles. The lowest BCUT2D eigenvalue weighted by molar-refractivity contribution is 0.0945. The second kappa shape index (κ2) is 3.21. The molecule has 0 aromatic heterocycles. The van der Waals surface area contributed by atoms with E-state index in [0.29, 0.717) is 17.9 Å². The second-order valence-corrected chi connectivity index (χ2v) is 3.19. The van der Waals surface area contributed by atoms with Gasteiger partial charge in [0, 0.05) is 12.1 Å². The smallest absolute Gasteiger partial charge is 0.251 e. The third-order valence-electron chi connectivity index (χ3n) is 2.33. The van der Waals surface area contributed by atoms with E-state index in [9.17, 15) is 9.90 Å². The number of hydrogen-bond acceptors (Lipinski definition) is 3. The van der Waals surface area contributed by atoms with Crippen LogP contribution in [0.5, 0.6) is 11.5 Å². The molecular formula is C10H11NO3. The number of aromatic hydroxyl groups is 1. The minimum atomic E-state index is -0.107. The molecule has 1 amide bonds. The first-order valence-electron chi connectivity index (χ1n) is 4.40. The fourth-order valence-electron chi connectivity index (χ4n) is 1.60. The molecule has 0 aliphatic carbocycles. The van der Waals surface area contributed by atoms with Gasteiger partial charge in [-0.25, -0.2) is 0 Å². The van der Waals surface area contributed by atoms with Crippen molar-refractivity contribution in [3.63, 3.8) is 0 Å². The van der Waals surface area contributed by atoms with E-state index in [2.05, 4.69) is 5.32 Å². The molecule has 1 heterocycles. The number of methoxy groups -OCH3 is 1.